The van der Waals surface area contributed by atoms with Crippen LogP contribution < -0.4 is 5.43 Å². The second-order valence-corrected chi connectivity index (χ2v) is 7.19. The second kappa shape index (κ2) is 8.86. The largest absolute Gasteiger partial charge is 0.508 e. The minimum Gasteiger partial charge on any atom is -0.508 e. The summed E-state index contributed by atoms with van der Waals surface area (Å²) in [6, 6.07) is 14.1. The van der Waals surface area contributed by atoms with Gasteiger partial charge in [0, 0.05) is 22.6 Å². The molecular weight excluding hydrogens is 348 g/mol. The van der Waals surface area contributed by atoms with E-state index in [2.05, 4.69) is 10.5 Å². The zero-order chi connectivity index (χ0) is 18.4. The molecule has 0 heterocycles. The van der Waals surface area contributed by atoms with E-state index in [0.717, 1.165) is 24.0 Å². The molecule has 1 aliphatic carbocycles. The van der Waals surface area contributed by atoms with Gasteiger partial charge in [-0.2, -0.15) is 5.10 Å². The van der Waals surface area contributed by atoms with Gasteiger partial charge in [0.1, 0.15) is 5.75 Å². The van der Waals surface area contributed by atoms with Crippen LogP contribution in [0.4, 0.5) is 0 Å². The average molecular weight is 371 g/mol. The van der Waals surface area contributed by atoms with Crippen LogP contribution in [0.5, 0.6) is 5.75 Å². The van der Waals surface area contributed by atoms with Crippen molar-refractivity contribution in [1.82, 2.24) is 5.43 Å². The molecule has 0 atom stereocenters. The summed E-state index contributed by atoms with van der Waals surface area (Å²) in [7, 11) is 0. The van der Waals surface area contributed by atoms with Crippen molar-refractivity contribution in [1.29, 1.82) is 0 Å². The maximum Gasteiger partial charge on any atom is 0.240 e. The first-order valence-corrected chi connectivity index (χ1v) is 9.41. The van der Waals surface area contributed by atoms with Crippen LogP contribution >= 0.6 is 11.6 Å². The highest BCUT2D eigenvalue weighted by Gasteiger charge is 2.17. The zero-order valence-electron chi connectivity index (χ0n) is 14.6. The Kier molecular flexibility index (Phi) is 6.29. The number of phenolic OH excluding ortho intramolecular Hbond substituents is 1. The van der Waals surface area contributed by atoms with Gasteiger partial charge in [0.05, 0.1) is 5.71 Å². The van der Waals surface area contributed by atoms with Crippen molar-refractivity contribution in [3.05, 3.63) is 64.7 Å². The van der Waals surface area contributed by atoms with Crippen molar-refractivity contribution in [3.8, 4) is 5.75 Å². The number of hydrazone groups is 1. The lowest BCUT2D eigenvalue weighted by atomic mass is 9.87. The number of nitrogens with one attached hydrogen (secondary N) is 1. The molecule has 5 heteroatoms. The summed E-state index contributed by atoms with van der Waals surface area (Å²) in [5, 5.41) is 14.5. The van der Waals surface area contributed by atoms with Crippen molar-refractivity contribution in [2.45, 2.75) is 38.5 Å². The van der Waals surface area contributed by atoms with E-state index in [1.807, 2.05) is 12.1 Å². The maximum atomic E-state index is 12.3. The van der Waals surface area contributed by atoms with Crippen molar-refractivity contribution in [3.63, 3.8) is 0 Å². The molecule has 0 spiro atoms. The number of carbonyl (C=O) groups excluding carboxylic acids is 1. The monoisotopic (exact) mass is 370 g/mol. The van der Waals surface area contributed by atoms with Gasteiger partial charge in [-0.05, 0) is 55.2 Å². The van der Waals surface area contributed by atoms with E-state index in [0.29, 0.717) is 23.1 Å². The van der Waals surface area contributed by atoms with Crippen LogP contribution in [0.25, 0.3) is 0 Å². The number of hydrogen-bond donors (Lipinski definition) is 2. The Morgan fingerprint density at radius 2 is 1.58 bits per heavy atom. The van der Waals surface area contributed by atoms with Gasteiger partial charge in [0.2, 0.25) is 5.91 Å². The topological polar surface area (TPSA) is 61.7 Å². The van der Waals surface area contributed by atoms with Gasteiger partial charge in [0.25, 0.3) is 0 Å². The number of nitrogens with zero attached hydrogens (tertiary/aromatic N) is 1. The molecule has 0 aromatic heterocycles. The van der Waals surface area contributed by atoms with E-state index in [-0.39, 0.29) is 11.7 Å². The zero-order valence-corrected chi connectivity index (χ0v) is 15.4. The number of rotatable bonds is 5. The van der Waals surface area contributed by atoms with Crippen LogP contribution in [0.3, 0.4) is 0 Å². The second-order valence-electron chi connectivity index (χ2n) is 6.76. The lowest BCUT2D eigenvalue weighted by molar-refractivity contribution is -0.122. The first-order chi connectivity index (χ1) is 12.6. The van der Waals surface area contributed by atoms with E-state index < -0.39 is 0 Å². The van der Waals surface area contributed by atoms with E-state index >= 15 is 0 Å². The van der Waals surface area contributed by atoms with Crippen molar-refractivity contribution in [2.24, 2.45) is 11.0 Å². The molecule has 136 valence electrons. The molecule has 1 aliphatic rings. The molecule has 2 N–H and O–H groups in total. The molecule has 0 unspecified atom stereocenters. The number of amides is 1. The van der Waals surface area contributed by atoms with Crippen molar-refractivity contribution in [2.75, 3.05) is 0 Å². The van der Waals surface area contributed by atoms with E-state index in [9.17, 15) is 9.90 Å². The first kappa shape index (κ1) is 18.5. The molecular formula is C21H23ClN2O2. The Balaban J connectivity index is 1.77. The molecule has 0 radical (unpaired) electrons. The van der Waals surface area contributed by atoms with Gasteiger partial charge < -0.3 is 5.11 Å². The highest BCUT2D eigenvalue weighted by atomic mass is 35.5. The van der Waals surface area contributed by atoms with Crippen LogP contribution in [0.2, 0.25) is 5.02 Å². The highest BCUT2D eigenvalue weighted by Crippen LogP contribution is 2.26. The smallest absolute Gasteiger partial charge is 0.240 e. The highest BCUT2D eigenvalue weighted by molar-refractivity contribution is 6.30. The van der Waals surface area contributed by atoms with Gasteiger partial charge in [-0.3, -0.25) is 4.79 Å². The summed E-state index contributed by atoms with van der Waals surface area (Å²) in [6.07, 6.45) is 6.47. The van der Waals surface area contributed by atoms with E-state index in [1.54, 1.807) is 36.4 Å². The van der Waals surface area contributed by atoms with Gasteiger partial charge in [-0.15, -0.1) is 0 Å². The summed E-state index contributed by atoms with van der Waals surface area (Å²) < 4.78 is 0. The van der Waals surface area contributed by atoms with Crippen LogP contribution in [0, 0.1) is 5.92 Å². The number of phenols is 1. The SMILES string of the molecule is O=C(CC1CCCCC1)N/N=C(/c1ccc(O)cc1)c1ccc(Cl)cc1. The third-order valence-corrected chi connectivity index (χ3v) is 5.00. The predicted octanol–water partition coefficient (Wildman–Crippen LogP) is 4.88. The molecule has 3 rings (SSSR count). The van der Waals surface area contributed by atoms with Crippen molar-refractivity contribution < 1.29 is 9.90 Å². The molecule has 0 bridgehead atoms. The normalized spacial score (nSPS) is 15.7. The molecule has 1 saturated carbocycles. The van der Waals surface area contributed by atoms with Crippen LogP contribution in [-0.4, -0.2) is 16.7 Å². The number of benzene rings is 2. The molecule has 26 heavy (non-hydrogen) atoms. The number of halogens is 1. The Morgan fingerprint density at radius 1 is 1.00 bits per heavy atom. The molecule has 2 aromatic carbocycles. The Morgan fingerprint density at radius 3 is 2.19 bits per heavy atom. The Bertz CT molecular complexity index is 716. The van der Waals surface area contributed by atoms with E-state index in [1.165, 1.54) is 19.3 Å². The maximum absolute atomic E-state index is 12.3. The molecule has 4 nitrogen and oxygen atoms in total. The molecule has 2 aromatic rings. The predicted molar refractivity (Wildman–Crippen MR) is 105 cm³/mol. The number of carbonyl (C=O) groups is 1. The fraction of sp³-hybridized carbons (Fsp3) is 0.333. The van der Waals surface area contributed by atoms with Gasteiger partial charge in [0.15, 0.2) is 0 Å². The summed E-state index contributed by atoms with van der Waals surface area (Å²) >= 11 is 5.98. The summed E-state index contributed by atoms with van der Waals surface area (Å²) in [5.74, 6) is 0.597. The summed E-state index contributed by atoms with van der Waals surface area (Å²) in [4.78, 5) is 12.3. The van der Waals surface area contributed by atoms with Gasteiger partial charge >= 0.3 is 0 Å². The lowest BCUT2D eigenvalue weighted by Crippen LogP contribution is -2.24. The van der Waals surface area contributed by atoms with Crippen LogP contribution in [-0.2, 0) is 4.79 Å². The van der Waals surface area contributed by atoms with Crippen LogP contribution in [0.15, 0.2) is 53.6 Å². The summed E-state index contributed by atoms with van der Waals surface area (Å²) in [5.41, 5.74) is 5.00. The minimum atomic E-state index is -0.0536. The first-order valence-electron chi connectivity index (χ1n) is 9.03. The summed E-state index contributed by atoms with van der Waals surface area (Å²) in [6.45, 7) is 0. The molecule has 0 aliphatic heterocycles. The molecule has 1 fully saturated rings. The van der Waals surface area contributed by atoms with Crippen molar-refractivity contribution >= 4 is 23.2 Å². The average Bonchev–Trinajstić information content (AvgIpc) is 2.65. The third-order valence-electron chi connectivity index (χ3n) is 4.75. The number of aromatic hydroxyl groups is 1. The Hall–Kier alpha value is -2.33. The standard InChI is InChI=1S/C21H23ClN2O2/c22-18-10-6-16(7-11-18)21(17-8-12-19(25)13-9-17)24-23-20(26)14-15-4-2-1-3-5-15/h6-13,15,25H,1-5,14H2,(H,23,26)/b24-21+. The minimum absolute atomic E-state index is 0.0536. The lowest BCUT2D eigenvalue weighted by Gasteiger charge is -2.20. The fourth-order valence-electron chi connectivity index (χ4n) is 3.34. The Labute approximate surface area is 158 Å². The molecule has 1 amide bonds. The van der Waals surface area contributed by atoms with Gasteiger partial charge in [-0.25, -0.2) is 5.43 Å². The quantitative estimate of drug-likeness (QED) is 0.581. The number of hydrogen-bond acceptors (Lipinski definition) is 3. The van der Waals surface area contributed by atoms with Gasteiger partial charge in [-0.1, -0.05) is 43.0 Å². The van der Waals surface area contributed by atoms with Crippen LogP contribution in [0.1, 0.15) is 49.7 Å². The third kappa shape index (κ3) is 5.09. The van der Waals surface area contributed by atoms with E-state index in [4.69, 9.17) is 11.6 Å². The molecule has 0 saturated heterocycles. The fourth-order valence-corrected chi connectivity index (χ4v) is 3.47.